The predicted octanol–water partition coefficient (Wildman–Crippen LogP) is 17.8. The first kappa shape index (κ1) is 51.6. The van der Waals surface area contributed by atoms with Crippen LogP contribution in [0.3, 0.4) is 0 Å². The first-order valence-electron chi connectivity index (χ1n) is 30.2. The molecule has 3 aromatic heterocycles. The molecule has 12 aromatic carbocycles. The van der Waals surface area contributed by atoms with Crippen molar-refractivity contribution in [2.24, 2.45) is 0 Å². The van der Waals surface area contributed by atoms with Crippen molar-refractivity contribution in [1.29, 1.82) is 0 Å². The van der Waals surface area contributed by atoms with Crippen molar-refractivity contribution in [3.05, 3.63) is 309 Å². The van der Waals surface area contributed by atoms with Gasteiger partial charge in [-0.25, -0.2) is 24.9 Å². The van der Waals surface area contributed by atoms with Crippen molar-refractivity contribution in [1.82, 2.24) is 29.5 Å². The minimum Gasteiger partial charge on any atom is -0.311 e. The van der Waals surface area contributed by atoms with E-state index in [9.17, 15) is 0 Å². The van der Waals surface area contributed by atoms with Gasteiger partial charge < -0.3 is 14.4 Å². The second kappa shape index (κ2) is 21.3. The highest BCUT2D eigenvalue weighted by atomic mass is 15.2. The van der Waals surface area contributed by atoms with Gasteiger partial charge in [-0.15, -0.1) is 0 Å². The third-order valence-corrected chi connectivity index (χ3v) is 17.5. The molecule has 0 radical (unpaired) electrons. The maximum absolute atomic E-state index is 5.61. The molecule has 0 bridgehead atoms. The molecule has 0 saturated carbocycles. The third-order valence-electron chi connectivity index (χ3n) is 17.5. The van der Waals surface area contributed by atoms with Gasteiger partial charge in [0, 0.05) is 78.3 Å². The number of anilines is 6. The molecule has 0 aliphatic carbocycles. The van der Waals surface area contributed by atoms with Crippen molar-refractivity contribution in [2.45, 2.75) is 6.92 Å². The number of fused-ring (bicyclic) bond motifs is 7. The fraction of sp³-hybridized carbons (Fsp3) is 0.0125. The summed E-state index contributed by atoms with van der Waals surface area (Å²) in [5.41, 5.74) is 24.3. The van der Waals surface area contributed by atoms with Gasteiger partial charge in [-0.1, -0.05) is 218 Å². The average Bonchev–Trinajstić information content (AvgIpc) is 1.22. The van der Waals surface area contributed by atoms with Gasteiger partial charge >= 0.3 is 0 Å². The number of hydrogen-bond acceptors (Lipinski definition) is 7. The number of para-hydroxylation sites is 4. The Labute approximate surface area is 516 Å². The summed E-state index contributed by atoms with van der Waals surface area (Å²) in [6, 6.07) is 108. The highest BCUT2D eigenvalue weighted by molar-refractivity contribution is 7.00. The van der Waals surface area contributed by atoms with E-state index in [0.29, 0.717) is 23.3 Å². The highest BCUT2D eigenvalue weighted by Gasteiger charge is 2.43. The predicted molar refractivity (Wildman–Crippen MR) is 367 cm³/mol. The number of aromatic nitrogens is 6. The van der Waals surface area contributed by atoms with Gasteiger partial charge in [0.05, 0.1) is 28.1 Å². The molecule has 0 fully saturated rings. The molecule has 8 nitrogen and oxygen atoms in total. The van der Waals surface area contributed by atoms with E-state index >= 15 is 0 Å². The molecular weight excluding hydrogens is 1080 g/mol. The lowest BCUT2D eigenvalue weighted by Crippen LogP contribution is -2.61. The summed E-state index contributed by atoms with van der Waals surface area (Å²) < 4.78 is 2.36. The second-order valence-electron chi connectivity index (χ2n) is 22.9. The zero-order valence-electron chi connectivity index (χ0n) is 48.5. The maximum atomic E-state index is 5.61. The fourth-order valence-corrected chi connectivity index (χ4v) is 13.4. The lowest BCUT2D eigenvalue weighted by atomic mass is 9.33. The van der Waals surface area contributed by atoms with Crippen LogP contribution in [0.2, 0.25) is 0 Å². The number of benzene rings is 12. The lowest BCUT2D eigenvalue weighted by Gasteiger charge is -2.44. The summed E-state index contributed by atoms with van der Waals surface area (Å²) in [6.07, 6.45) is 0. The Morgan fingerprint density at radius 2 is 0.753 bits per heavy atom. The summed E-state index contributed by atoms with van der Waals surface area (Å²) in [4.78, 5) is 31.5. The van der Waals surface area contributed by atoms with Gasteiger partial charge in [0.1, 0.15) is 0 Å². The third kappa shape index (κ3) is 8.89. The van der Waals surface area contributed by atoms with Crippen molar-refractivity contribution in [3.63, 3.8) is 0 Å². The minimum absolute atomic E-state index is 0.0653. The molecule has 0 saturated heterocycles. The van der Waals surface area contributed by atoms with Gasteiger partial charge in [0.25, 0.3) is 6.71 Å². The summed E-state index contributed by atoms with van der Waals surface area (Å²) in [5, 5.41) is 2.34. The van der Waals surface area contributed by atoms with Crippen LogP contribution in [0.4, 0.5) is 34.1 Å². The molecule has 89 heavy (non-hydrogen) atoms. The molecule has 0 unspecified atom stereocenters. The van der Waals surface area contributed by atoms with Crippen molar-refractivity contribution < 1.29 is 0 Å². The van der Waals surface area contributed by atoms with Gasteiger partial charge in [0.15, 0.2) is 23.3 Å². The molecule has 9 heteroatoms. The molecule has 0 spiro atoms. The van der Waals surface area contributed by atoms with Gasteiger partial charge in [-0.2, -0.15) is 0 Å². The van der Waals surface area contributed by atoms with Crippen LogP contribution in [0.25, 0.3) is 107 Å². The monoisotopic (exact) mass is 1140 g/mol. The zero-order valence-corrected chi connectivity index (χ0v) is 48.5. The van der Waals surface area contributed by atoms with Crippen LogP contribution in [-0.4, -0.2) is 36.2 Å². The van der Waals surface area contributed by atoms with Gasteiger partial charge in [0.2, 0.25) is 0 Å². The standard InChI is InChI=1S/C80H53BN8/c1-52-40-46-70-63(48-52)62-32-14-17-35-69(62)89(70)71-47-45-59(79-85-77(56-24-8-3-9-25-56)84-78(86-79)57-26-10-4-11-27-57)50-64(71)80-82-67(54-22-6-2-7-23-54)51-68(83-80)55-43-41-53(42-44-55)58-28-20-31-61(49-58)88-73-37-19-16-34-66(73)81-65-33-15-18-36-72(65)87(60-29-12-5-13-30-60)74-38-21-39-75(88)76(74)81/h2-51H,1H3. The van der Waals surface area contributed by atoms with E-state index in [1.165, 1.54) is 55.5 Å². The van der Waals surface area contributed by atoms with Crippen molar-refractivity contribution in [2.75, 3.05) is 9.80 Å². The van der Waals surface area contributed by atoms with Crippen molar-refractivity contribution >= 4 is 79.0 Å². The molecule has 5 heterocycles. The van der Waals surface area contributed by atoms with E-state index in [0.717, 1.165) is 84.0 Å². The van der Waals surface area contributed by atoms with Crippen LogP contribution in [0.1, 0.15) is 5.56 Å². The summed E-state index contributed by atoms with van der Waals surface area (Å²) in [7, 11) is 0. The molecule has 17 rings (SSSR count). The van der Waals surface area contributed by atoms with E-state index in [1.54, 1.807) is 0 Å². The van der Waals surface area contributed by atoms with E-state index < -0.39 is 0 Å². The minimum atomic E-state index is 0.0653. The normalized spacial score (nSPS) is 12.3. The number of aryl methyl sites for hydroxylation is 1. The van der Waals surface area contributed by atoms with Crippen LogP contribution < -0.4 is 26.2 Å². The number of nitrogens with zero attached hydrogens (tertiary/aromatic N) is 8. The molecule has 416 valence electrons. The second-order valence-corrected chi connectivity index (χ2v) is 22.9. The Hall–Kier alpha value is -11.8. The molecule has 0 N–H and O–H groups in total. The van der Waals surface area contributed by atoms with Crippen molar-refractivity contribution in [3.8, 4) is 84.9 Å². The largest absolute Gasteiger partial charge is 0.311 e. The summed E-state index contributed by atoms with van der Waals surface area (Å²) in [6.45, 7) is 2.22. The lowest BCUT2D eigenvalue weighted by molar-refractivity contribution is 1.07. The zero-order chi connectivity index (χ0) is 58.9. The van der Waals surface area contributed by atoms with Gasteiger partial charge in [-0.05, 0) is 125 Å². The van der Waals surface area contributed by atoms with Gasteiger partial charge in [-0.3, -0.25) is 0 Å². The molecule has 0 amide bonds. The highest BCUT2D eigenvalue weighted by Crippen LogP contribution is 2.45. The SMILES string of the molecule is Cc1ccc2c(c1)c1ccccc1n2-c1ccc(-c2nc(-c3ccccc3)nc(-c3ccccc3)n2)cc1-c1nc(-c2ccccc2)cc(-c2ccc(-c3cccc(N4c5ccccc5B5c6ccccc6N(c6ccccc6)c6cccc4c65)c3)cc2)n1. The van der Waals surface area contributed by atoms with E-state index in [2.05, 4.69) is 258 Å². The van der Waals surface area contributed by atoms with E-state index in [4.69, 9.17) is 24.9 Å². The van der Waals surface area contributed by atoms with E-state index in [-0.39, 0.29) is 6.71 Å². The Bertz CT molecular complexity index is 5170. The average molecular weight is 1140 g/mol. The number of rotatable bonds is 10. The fourth-order valence-electron chi connectivity index (χ4n) is 13.4. The van der Waals surface area contributed by atoms with Crippen LogP contribution in [0.15, 0.2) is 303 Å². The maximum Gasteiger partial charge on any atom is 0.252 e. The van der Waals surface area contributed by atoms with Crippen LogP contribution in [0.5, 0.6) is 0 Å². The van der Waals surface area contributed by atoms with Crippen LogP contribution >= 0.6 is 0 Å². The molecule has 15 aromatic rings. The molecule has 2 aliphatic rings. The smallest absolute Gasteiger partial charge is 0.252 e. The summed E-state index contributed by atoms with van der Waals surface area (Å²) >= 11 is 0. The number of hydrogen-bond donors (Lipinski definition) is 0. The first-order chi connectivity index (χ1) is 44.0. The molecular formula is C80H53BN8. The van der Waals surface area contributed by atoms with E-state index in [1.807, 2.05) is 66.7 Å². The quantitative estimate of drug-likeness (QED) is 0.126. The summed E-state index contributed by atoms with van der Waals surface area (Å²) in [5.74, 6) is 2.28. The topological polar surface area (TPSA) is 75.9 Å². The Balaban J connectivity index is 0.805. The van der Waals surface area contributed by atoms with Crippen LogP contribution in [-0.2, 0) is 0 Å². The molecule has 0 atom stereocenters. The van der Waals surface area contributed by atoms with Crippen LogP contribution in [0, 0.1) is 6.92 Å². The first-order valence-corrected chi connectivity index (χ1v) is 30.2. The Morgan fingerprint density at radius 3 is 1.40 bits per heavy atom. The Morgan fingerprint density at radius 1 is 0.281 bits per heavy atom. The molecule has 2 aliphatic heterocycles. The Kier molecular flexibility index (Phi) is 12.4.